The number of guanidine groups is 1. The fourth-order valence-electron chi connectivity index (χ4n) is 4.72. The van der Waals surface area contributed by atoms with Crippen LogP contribution in [0.15, 0.2) is 42.5 Å². The Morgan fingerprint density at radius 1 is 1.28 bits per heavy atom. The molecule has 0 bridgehead atoms. The second kappa shape index (κ2) is 7.61. The third kappa shape index (κ3) is 3.39. The molecule has 2 aromatic rings. The van der Waals surface area contributed by atoms with Gasteiger partial charge in [0.05, 0.1) is 30.3 Å². The number of halogens is 1. The van der Waals surface area contributed by atoms with Gasteiger partial charge in [0.1, 0.15) is 22.9 Å². The lowest BCUT2D eigenvalue weighted by Crippen LogP contribution is -2.69. The van der Waals surface area contributed by atoms with Crippen LogP contribution in [0.1, 0.15) is 30.4 Å². The molecule has 3 fully saturated rings. The number of carbonyl (C=O) groups is 1. The van der Waals surface area contributed by atoms with Crippen molar-refractivity contribution >= 4 is 11.9 Å². The molecule has 1 amide bonds. The lowest BCUT2D eigenvalue weighted by Gasteiger charge is -2.51. The van der Waals surface area contributed by atoms with Crippen molar-refractivity contribution < 1.29 is 18.7 Å². The number of nitrogens with zero attached hydrogens (tertiary/aromatic N) is 2. The van der Waals surface area contributed by atoms with Gasteiger partial charge in [0.25, 0.3) is 0 Å². The molecule has 32 heavy (non-hydrogen) atoms. The molecule has 2 aliphatic heterocycles. The van der Waals surface area contributed by atoms with Crippen LogP contribution in [0.2, 0.25) is 0 Å². The topological polar surface area (TPSA) is 98.4 Å². The predicted octanol–water partition coefficient (Wildman–Crippen LogP) is 3.50. The van der Waals surface area contributed by atoms with Crippen LogP contribution >= 0.6 is 0 Å². The monoisotopic (exact) mass is 434 g/mol. The van der Waals surface area contributed by atoms with Crippen LogP contribution in [-0.4, -0.2) is 36.5 Å². The number of nitrogens with one attached hydrogen (secondary N) is 2. The van der Waals surface area contributed by atoms with Crippen molar-refractivity contribution in [2.45, 2.75) is 30.9 Å². The third-order valence-electron chi connectivity index (χ3n) is 6.66. The standard InChI is InChI=1S/C24H23FN4O3/c1-29-22(30)19-11-21(15-5-6-15)31-13-24(19,28-23(29)27)18-10-17(7-8-20(18)25)32-16-4-2-3-14(9-16)12-26/h2-4,7-10,15,19,21H,5-6,11,13H2,1H3,(H2,27,28)/t19-,21+,24+/m0/s1. The average Bonchev–Trinajstić information content (AvgIpc) is 3.64. The molecule has 8 heteroatoms. The van der Waals surface area contributed by atoms with Gasteiger partial charge in [-0.15, -0.1) is 0 Å². The molecule has 0 aromatic heterocycles. The quantitative estimate of drug-likeness (QED) is 0.768. The van der Waals surface area contributed by atoms with Crippen LogP contribution in [0.25, 0.3) is 0 Å². The molecule has 3 atom stereocenters. The molecular formula is C24H23FN4O3. The van der Waals surface area contributed by atoms with Gasteiger partial charge in [-0.1, -0.05) is 6.07 Å². The minimum atomic E-state index is -1.19. The molecule has 2 heterocycles. The van der Waals surface area contributed by atoms with Gasteiger partial charge in [0, 0.05) is 12.6 Å². The van der Waals surface area contributed by atoms with E-state index < -0.39 is 17.3 Å². The van der Waals surface area contributed by atoms with Gasteiger partial charge in [-0.3, -0.25) is 15.1 Å². The highest BCUT2D eigenvalue weighted by molar-refractivity contribution is 6.00. The molecule has 5 rings (SSSR count). The first-order valence-electron chi connectivity index (χ1n) is 10.7. The van der Waals surface area contributed by atoms with E-state index in [1.54, 1.807) is 37.4 Å². The smallest absolute Gasteiger partial charge is 0.235 e. The molecule has 2 saturated heterocycles. The molecule has 2 aromatic carbocycles. The molecule has 1 saturated carbocycles. The van der Waals surface area contributed by atoms with E-state index in [9.17, 15) is 4.79 Å². The Labute approximate surface area is 185 Å². The summed E-state index contributed by atoms with van der Waals surface area (Å²) in [5.41, 5.74) is -0.507. The van der Waals surface area contributed by atoms with E-state index in [0.717, 1.165) is 12.8 Å². The summed E-state index contributed by atoms with van der Waals surface area (Å²) in [5.74, 6) is -0.105. The van der Waals surface area contributed by atoms with E-state index in [1.165, 1.54) is 17.0 Å². The van der Waals surface area contributed by atoms with E-state index in [-0.39, 0.29) is 30.1 Å². The Kier molecular flexibility index (Phi) is 4.86. The zero-order valence-electron chi connectivity index (χ0n) is 17.6. The van der Waals surface area contributed by atoms with Gasteiger partial charge in [0.2, 0.25) is 5.91 Å². The van der Waals surface area contributed by atoms with Crippen molar-refractivity contribution in [1.29, 1.82) is 10.7 Å². The van der Waals surface area contributed by atoms with E-state index in [1.807, 2.05) is 0 Å². The minimum absolute atomic E-state index is 0.0317. The van der Waals surface area contributed by atoms with E-state index in [0.29, 0.717) is 29.4 Å². The normalized spacial score (nSPS) is 27.3. The second-order valence-corrected chi connectivity index (χ2v) is 8.70. The summed E-state index contributed by atoms with van der Waals surface area (Å²) < 4.78 is 27.2. The summed E-state index contributed by atoms with van der Waals surface area (Å²) >= 11 is 0. The maximum Gasteiger partial charge on any atom is 0.235 e. The largest absolute Gasteiger partial charge is 0.457 e. The summed E-state index contributed by atoms with van der Waals surface area (Å²) in [5, 5.41) is 20.5. The number of nitriles is 1. The summed E-state index contributed by atoms with van der Waals surface area (Å²) in [6.07, 6.45) is 2.60. The molecule has 164 valence electrons. The number of carbonyl (C=O) groups excluding carboxylic acids is 1. The van der Waals surface area contributed by atoms with Crippen molar-refractivity contribution in [3.8, 4) is 17.6 Å². The van der Waals surface area contributed by atoms with E-state index >= 15 is 4.39 Å². The maximum absolute atomic E-state index is 15.2. The number of fused-ring (bicyclic) bond motifs is 1. The van der Waals surface area contributed by atoms with Crippen LogP contribution in [-0.2, 0) is 15.1 Å². The zero-order valence-corrected chi connectivity index (χ0v) is 17.6. The Hall–Kier alpha value is -3.44. The van der Waals surface area contributed by atoms with Crippen molar-refractivity contribution in [2.75, 3.05) is 13.7 Å². The minimum Gasteiger partial charge on any atom is -0.457 e. The predicted molar refractivity (Wildman–Crippen MR) is 114 cm³/mol. The molecular weight excluding hydrogens is 411 g/mol. The molecule has 0 spiro atoms. The number of benzene rings is 2. The number of rotatable bonds is 4. The lowest BCUT2D eigenvalue weighted by atomic mass is 9.71. The number of hydrogen-bond acceptors (Lipinski definition) is 5. The highest BCUT2D eigenvalue weighted by Crippen LogP contribution is 2.48. The molecule has 3 aliphatic rings. The van der Waals surface area contributed by atoms with Gasteiger partial charge >= 0.3 is 0 Å². The third-order valence-corrected chi connectivity index (χ3v) is 6.66. The molecule has 0 radical (unpaired) electrons. The summed E-state index contributed by atoms with van der Waals surface area (Å²) in [6.45, 7) is 0.0884. The van der Waals surface area contributed by atoms with Crippen LogP contribution in [0.4, 0.5) is 4.39 Å². The molecule has 7 nitrogen and oxygen atoms in total. The van der Waals surface area contributed by atoms with Crippen molar-refractivity contribution in [3.05, 3.63) is 59.4 Å². The molecule has 1 aliphatic carbocycles. The first-order valence-corrected chi connectivity index (χ1v) is 10.7. The van der Waals surface area contributed by atoms with Crippen LogP contribution in [0.3, 0.4) is 0 Å². The van der Waals surface area contributed by atoms with Crippen molar-refractivity contribution in [1.82, 2.24) is 10.2 Å². The highest BCUT2D eigenvalue weighted by Gasteiger charge is 2.56. The SMILES string of the molecule is CN1C(=N)N[C@@]2(c3cc(Oc4cccc(C#N)c4)ccc3F)CO[C@@H](C3CC3)C[C@H]2C1=O. The number of ether oxygens (including phenoxy) is 2. The van der Waals surface area contributed by atoms with Gasteiger partial charge in [-0.2, -0.15) is 5.26 Å². The van der Waals surface area contributed by atoms with E-state index in [2.05, 4.69) is 11.4 Å². The molecule has 0 unspecified atom stereocenters. The van der Waals surface area contributed by atoms with Gasteiger partial charge in [0.15, 0.2) is 5.96 Å². The zero-order chi connectivity index (χ0) is 22.5. The first kappa shape index (κ1) is 20.5. The Morgan fingerprint density at radius 3 is 2.81 bits per heavy atom. The second-order valence-electron chi connectivity index (χ2n) is 8.70. The molecule has 2 N–H and O–H groups in total. The highest BCUT2D eigenvalue weighted by atomic mass is 19.1. The summed E-state index contributed by atoms with van der Waals surface area (Å²) in [4.78, 5) is 14.5. The average molecular weight is 434 g/mol. The number of hydrogen-bond donors (Lipinski definition) is 2. The van der Waals surface area contributed by atoms with Gasteiger partial charge in [-0.25, -0.2) is 4.39 Å². The Bertz CT molecular complexity index is 1140. The first-order chi connectivity index (χ1) is 15.4. The maximum atomic E-state index is 15.2. The Balaban J connectivity index is 1.53. The fraction of sp³-hybridized carbons (Fsp3) is 0.375. The van der Waals surface area contributed by atoms with Crippen LogP contribution < -0.4 is 10.1 Å². The van der Waals surface area contributed by atoms with Crippen molar-refractivity contribution in [2.24, 2.45) is 11.8 Å². The van der Waals surface area contributed by atoms with Crippen LogP contribution in [0.5, 0.6) is 11.5 Å². The Morgan fingerprint density at radius 2 is 2.06 bits per heavy atom. The van der Waals surface area contributed by atoms with Crippen molar-refractivity contribution in [3.63, 3.8) is 0 Å². The van der Waals surface area contributed by atoms with Crippen LogP contribution in [0, 0.1) is 34.4 Å². The lowest BCUT2D eigenvalue weighted by molar-refractivity contribution is -0.150. The number of amides is 1. The fourth-order valence-corrected chi connectivity index (χ4v) is 4.72. The summed E-state index contributed by atoms with van der Waals surface area (Å²) in [6, 6.07) is 13.1. The van der Waals surface area contributed by atoms with Gasteiger partial charge in [-0.05, 0) is 61.6 Å². The van der Waals surface area contributed by atoms with Gasteiger partial charge < -0.3 is 14.8 Å². The van der Waals surface area contributed by atoms with E-state index in [4.69, 9.17) is 20.1 Å². The summed E-state index contributed by atoms with van der Waals surface area (Å²) in [7, 11) is 1.56.